The standard InChI is InChI=1S/C12H20N2O2/c1-9(2)7-12(3,8-13)14-11(15)10-5-4-6-16-10/h4-6,9H,7-8,13H2,1-3H3,(H,14,15). The first-order valence-electron chi connectivity index (χ1n) is 5.53. The Kier molecular flexibility index (Phi) is 4.12. The van der Waals surface area contributed by atoms with Crippen LogP contribution in [0.3, 0.4) is 0 Å². The maximum absolute atomic E-state index is 11.8. The SMILES string of the molecule is CC(C)CC(C)(CN)NC(=O)c1ccco1. The lowest BCUT2D eigenvalue weighted by Gasteiger charge is -2.30. The molecule has 1 aromatic heterocycles. The molecule has 0 aromatic carbocycles. The molecule has 4 nitrogen and oxygen atoms in total. The van der Waals surface area contributed by atoms with Crippen molar-refractivity contribution < 1.29 is 9.21 Å². The summed E-state index contributed by atoms with van der Waals surface area (Å²) in [6, 6.07) is 3.33. The van der Waals surface area contributed by atoms with E-state index < -0.39 is 0 Å². The number of carbonyl (C=O) groups is 1. The van der Waals surface area contributed by atoms with Crippen molar-refractivity contribution in [3.63, 3.8) is 0 Å². The minimum Gasteiger partial charge on any atom is -0.459 e. The largest absolute Gasteiger partial charge is 0.459 e. The van der Waals surface area contributed by atoms with E-state index in [2.05, 4.69) is 19.2 Å². The van der Waals surface area contributed by atoms with E-state index in [0.29, 0.717) is 18.2 Å². The predicted molar refractivity (Wildman–Crippen MR) is 63.1 cm³/mol. The molecule has 90 valence electrons. The van der Waals surface area contributed by atoms with Crippen LogP contribution in [0.1, 0.15) is 37.7 Å². The number of carbonyl (C=O) groups excluding carboxylic acids is 1. The lowest BCUT2D eigenvalue weighted by molar-refractivity contribution is 0.0869. The summed E-state index contributed by atoms with van der Waals surface area (Å²) in [7, 11) is 0. The molecule has 1 heterocycles. The second-order valence-electron chi connectivity index (χ2n) is 4.79. The molecule has 0 aliphatic heterocycles. The van der Waals surface area contributed by atoms with E-state index >= 15 is 0 Å². The molecule has 1 atom stereocenters. The van der Waals surface area contributed by atoms with Crippen molar-refractivity contribution in [2.45, 2.75) is 32.7 Å². The van der Waals surface area contributed by atoms with Gasteiger partial charge < -0.3 is 15.5 Å². The molecule has 16 heavy (non-hydrogen) atoms. The molecule has 1 amide bonds. The Balaban J connectivity index is 2.66. The number of nitrogens with two attached hydrogens (primary N) is 1. The predicted octanol–water partition coefficient (Wildman–Crippen LogP) is 1.77. The van der Waals surface area contributed by atoms with Crippen molar-refractivity contribution in [3.8, 4) is 0 Å². The van der Waals surface area contributed by atoms with Crippen LogP contribution in [0.15, 0.2) is 22.8 Å². The monoisotopic (exact) mass is 224 g/mol. The van der Waals surface area contributed by atoms with Gasteiger partial charge in [0, 0.05) is 6.54 Å². The molecule has 0 saturated carbocycles. The Morgan fingerprint density at radius 3 is 2.75 bits per heavy atom. The quantitative estimate of drug-likeness (QED) is 0.801. The summed E-state index contributed by atoms with van der Waals surface area (Å²) in [6.45, 7) is 6.57. The van der Waals surface area contributed by atoms with E-state index in [1.807, 2.05) is 6.92 Å². The van der Waals surface area contributed by atoms with Gasteiger partial charge in [0.2, 0.25) is 0 Å². The van der Waals surface area contributed by atoms with Gasteiger partial charge >= 0.3 is 0 Å². The molecule has 0 bridgehead atoms. The molecular formula is C12H20N2O2. The van der Waals surface area contributed by atoms with Crippen molar-refractivity contribution in [3.05, 3.63) is 24.2 Å². The molecule has 0 aliphatic carbocycles. The van der Waals surface area contributed by atoms with Gasteiger partial charge in [0.25, 0.3) is 5.91 Å². The Hall–Kier alpha value is -1.29. The fourth-order valence-corrected chi connectivity index (χ4v) is 1.83. The topological polar surface area (TPSA) is 68.3 Å². The molecule has 0 radical (unpaired) electrons. The minimum absolute atomic E-state index is 0.210. The number of furan rings is 1. The highest BCUT2D eigenvalue weighted by molar-refractivity contribution is 5.91. The van der Waals surface area contributed by atoms with Crippen molar-refractivity contribution in [2.24, 2.45) is 11.7 Å². The fraction of sp³-hybridized carbons (Fsp3) is 0.583. The molecule has 4 heteroatoms. The lowest BCUT2D eigenvalue weighted by Crippen LogP contribution is -2.52. The third-order valence-electron chi connectivity index (χ3n) is 2.47. The maximum atomic E-state index is 11.8. The van der Waals surface area contributed by atoms with Gasteiger partial charge in [0.05, 0.1) is 11.8 Å². The minimum atomic E-state index is -0.377. The second kappa shape index (κ2) is 5.16. The van der Waals surface area contributed by atoms with E-state index in [9.17, 15) is 4.79 Å². The first kappa shape index (κ1) is 12.8. The van der Waals surface area contributed by atoms with E-state index in [1.165, 1.54) is 6.26 Å². The number of hydrogen-bond acceptors (Lipinski definition) is 3. The molecule has 0 fully saturated rings. The van der Waals surface area contributed by atoms with E-state index in [1.54, 1.807) is 12.1 Å². The zero-order valence-corrected chi connectivity index (χ0v) is 10.1. The van der Waals surface area contributed by atoms with E-state index in [0.717, 1.165) is 6.42 Å². The molecule has 1 rings (SSSR count). The van der Waals surface area contributed by atoms with Gasteiger partial charge in [-0.05, 0) is 31.4 Å². The average Bonchev–Trinajstić information content (AvgIpc) is 2.69. The highest BCUT2D eigenvalue weighted by Gasteiger charge is 2.27. The Labute approximate surface area is 96.2 Å². The number of rotatable bonds is 5. The number of hydrogen-bond donors (Lipinski definition) is 2. The maximum Gasteiger partial charge on any atom is 0.287 e. The van der Waals surface area contributed by atoms with Gasteiger partial charge in [0.1, 0.15) is 0 Å². The van der Waals surface area contributed by atoms with Gasteiger partial charge in [-0.25, -0.2) is 0 Å². The smallest absolute Gasteiger partial charge is 0.287 e. The summed E-state index contributed by atoms with van der Waals surface area (Å²) in [6.07, 6.45) is 2.33. The highest BCUT2D eigenvalue weighted by Crippen LogP contribution is 2.16. The lowest BCUT2D eigenvalue weighted by atomic mass is 9.90. The zero-order chi connectivity index (χ0) is 12.2. The van der Waals surface area contributed by atoms with Gasteiger partial charge in [-0.3, -0.25) is 4.79 Å². The number of nitrogens with one attached hydrogen (secondary N) is 1. The van der Waals surface area contributed by atoms with Crippen molar-refractivity contribution in [2.75, 3.05) is 6.54 Å². The van der Waals surface area contributed by atoms with E-state index in [-0.39, 0.29) is 11.4 Å². The van der Waals surface area contributed by atoms with Crippen LogP contribution in [-0.4, -0.2) is 18.0 Å². The summed E-state index contributed by atoms with van der Waals surface area (Å²) in [5.41, 5.74) is 5.33. The van der Waals surface area contributed by atoms with Crippen LogP contribution >= 0.6 is 0 Å². The Morgan fingerprint density at radius 2 is 2.31 bits per heavy atom. The number of amides is 1. The highest BCUT2D eigenvalue weighted by atomic mass is 16.3. The Bertz CT molecular complexity index is 333. The molecule has 1 aromatic rings. The normalized spacial score (nSPS) is 14.8. The van der Waals surface area contributed by atoms with Gasteiger partial charge in [-0.15, -0.1) is 0 Å². The van der Waals surface area contributed by atoms with Crippen molar-refractivity contribution >= 4 is 5.91 Å². The Morgan fingerprint density at radius 1 is 1.62 bits per heavy atom. The molecule has 0 aliphatic rings. The zero-order valence-electron chi connectivity index (χ0n) is 10.1. The first-order valence-corrected chi connectivity index (χ1v) is 5.53. The third-order valence-corrected chi connectivity index (χ3v) is 2.47. The summed E-state index contributed by atoms with van der Waals surface area (Å²) < 4.78 is 5.04. The molecule has 1 unspecified atom stereocenters. The second-order valence-corrected chi connectivity index (χ2v) is 4.79. The molecule has 0 saturated heterocycles. The molecular weight excluding hydrogens is 204 g/mol. The average molecular weight is 224 g/mol. The third kappa shape index (κ3) is 3.38. The first-order chi connectivity index (χ1) is 7.47. The summed E-state index contributed by atoms with van der Waals surface area (Å²) >= 11 is 0. The van der Waals surface area contributed by atoms with Crippen LogP contribution in [0.2, 0.25) is 0 Å². The van der Waals surface area contributed by atoms with Crippen LogP contribution < -0.4 is 11.1 Å². The van der Waals surface area contributed by atoms with Crippen LogP contribution in [0.5, 0.6) is 0 Å². The van der Waals surface area contributed by atoms with Gasteiger partial charge in [0.15, 0.2) is 5.76 Å². The van der Waals surface area contributed by atoms with Crippen LogP contribution in [0.4, 0.5) is 0 Å². The van der Waals surface area contributed by atoms with Crippen LogP contribution in [0.25, 0.3) is 0 Å². The van der Waals surface area contributed by atoms with Crippen LogP contribution in [0, 0.1) is 5.92 Å². The van der Waals surface area contributed by atoms with Crippen LogP contribution in [-0.2, 0) is 0 Å². The summed E-state index contributed by atoms with van der Waals surface area (Å²) in [5, 5.41) is 2.92. The molecule has 3 N–H and O–H groups in total. The van der Waals surface area contributed by atoms with Gasteiger partial charge in [-0.2, -0.15) is 0 Å². The summed E-state index contributed by atoms with van der Waals surface area (Å²) in [5.74, 6) is 0.590. The summed E-state index contributed by atoms with van der Waals surface area (Å²) in [4.78, 5) is 11.8. The van der Waals surface area contributed by atoms with Gasteiger partial charge in [-0.1, -0.05) is 13.8 Å². The fourth-order valence-electron chi connectivity index (χ4n) is 1.83. The van der Waals surface area contributed by atoms with Crippen molar-refractivity contribution in [1.29, 1.82) is 0 Å². The van der Waals surface area contributed by atoms with Crippen molar-refractivity contribution in [1.82, 2.24) is 5.32 Å². The van der Waals surface area contributed by atoms with E-state index in [4.69, 9.17) is 10.2 Å². The molecule has 0 spiro atoms.